The average Bonchev–Trinajstić information content (AvgIpc) is 2.88. The summed E-state index contributed by atoms with van der Waals surface area (Å²) in [6.45, 7) is 8.72. The lowest BCUT2D eigenvalue weighted by Gasteiger charge is -2.35. The molecule has 1 aliphatic rings. The Morgan fingerprint density at radius 1 is 0.829 bits per heavy atom. The highest BCUT2D eigenvalue weighted by Crippen LogP contribution is 2.40. The summed E-state index contributed by atoms with van der Waals surface area (Å²) in [5.41, 5.74) is 2.46. The van der Waals surface area contributed by atoms with Crippen LogP contribution in [-0.4, -0.2) is 69.4 Å². The molecular weight excluding hydrogens is 444 g/mol. The molecule has 0 saturated carbocycles. The van der Waals surface area contributed by atoms with Crippen molar-refractivity contribution in [1.29, 1.82) is 0 Å². The molecule has 7 nitrogen and oxygen atoms in total. The fraction of sp³-hybridized carbons (Fsp3) is 0.536. The normalized spacial score (nSPS) is 14.5. The van der Waals surface area contributed by atoms with Crippen molar-refractivity contribution < 1.29 is 23.7 Å². The lowest BCUT2D eigenvalue weighted by molar-refractivity contribution is -0.143. The van der Waals surface area contributed by atoms with Crippen LogP contribution in [0.2, 0.25) is 0 Å². The third kappa shape index (κ3) is 8.44. The molecule has 0 atom stereocenters. The van der Waals surface area contributed by atoms with Gasteiger partial charge < -0.3 is 18.9 Å². The first-order chi connectivity index (χ1) is 17.1. The molecule has 192 valence electrons. The molecule has 0 radical (unpaired) electrons. The second-order valence-corrected chi connectivity index (χ2v) is 8.79. The molecule has 1 heterocycles. The van der Waals surface area contributed by atoms with E-state index >= 15 is 0 Å². The molecule has 1 aliphatic heterocycles. The Labute approximate surface area is 209 Å². The number of hydrogen-bond donors (Lipinski definition) is 0. The van der Waals surface area contributed by atoms with Gasteiger partial charge in [0.1, 0.15) is 0 Å². The molecule has 0 aromatic heterocycles. The standard InChI is InChI=1S/C28H40N2O5/c1-4-34-26(31)13-9-6-10-20-35-27-24(14-15-25(32-2)28(27)33-3)22-30-18-16-29(17-19-30)21-23-11-7-5-8-12-23/h5,7-8,11-12,14-15H,4,6,9-10,13,16-22H2,1-3H3. The van der Waals surface area contributed by atoms with Crippen molar-refractivity contribution in [3.63, 3.8) is 0 Å². The number of piperazine rings is 1. The highest BCUT2D eigenvalue weighted by atomic mass is 16.5. The van der Waals surface area contributed by atoms with Crippen molar-refractivity contribution >= 4 is 5.97 Å². The fourth-order valence-electron chi connectivity index (χ4n) is 4.37. The number of nitrogens with zero attached hydrogens (tertiary/aromatic N) is 2. The first-order valence-corrected chi connectivity index (χ1v) is 12.7. The van der Waals surface area contributed by atoms with E-state index in [2.05, 4.69) is 46.2 Å². The monoisotopic (exact) mass is 484 g/mol. The van der Waals surface area contributed by atoms with E-state index in [1.165, 1.54) is 5.56 Å². The van der Waals surface area contributed by atoms with Crippen LogP contribution in [0.5, 0.6) is 17.2 Å². The molecule has 0 spiro atoms. The van der Waals surface area contributed by atoms with Gasteiger partial charge in [-0.25, -0.2) is 0 Å². The summed E-state index contributed by atoms with van der Waals surface area (Å²) < 4.78 is 22.4. The molecule has 3 rings (SSSR count). The predicted octanol–water partition coefficient (Wildman–Crippen LogP) is 4.52. The third-order valence-electron chi connectivity index (χ3n) is 6.27. The van der Waals surface area contributed by atoms with Gasteiger partial charge in [0, 0.05) is 51.3 Å². The van der Waals surface area contributed by atoms with Crippen LogP contribution in [0.1, 0.15) is 43.7 Å². The van der Waals surface area contributed by atoms with Crippen LogP contribution < -0.4 is 14.2 Å². The number of benzene rings is 2. The Morgan fingerprint density at radius 2 is 1.54 bits per heavy atom. The van der Waals surface area contributed by atoms with Gasteiger partial charge in [-0.1, -0.05) is 36.4 Å². The van der Waals surface area contributed by atoms with E-state index in [9.17, 15) is 4.79 Å². The first kappa shape index (κ1) is 26.8. The van der Waals surface area contributed by atoms with Gasteiger partial charge in [0.25, 0.3) is 0 Å². The minimum Gasteiger partial charge on any atom is -0.493 e. The number of carbonyl (C=O) groups excluding carboxylic acids is 1. The number of carbonyl (C=O) groups is 1. The van der Waals surface area contributed by atoms with E-state index < -0.39 is 0 Å². The Kier molecular flexibility index (Phi) is 11.2. The van der Waals surface area contributed by atoms with Crippen molar-refractivity contribution in [1.82, 2.24) is 9.80 Å². The first-order valence-electron chi connectivity index (χ1n) is 12.7. The molecule has 0 N–H and O–H groups in total. The summed E-state index contributed by atoms with van der Waals surface area (Å²) in [6, 6.07) is 14.7. The van der Waals surface area contributed by atoms with E-state index in [-0.39, 0.29) is 5.97 Å². The van der Waals surface area contributed by atoms with E-state index in [1.54, 1.807) is 14.2 Å². The number of methoxy groups -OCH3 is 2. The molecule has 1 saturated heterocycles. The van der Waals surface area contributed by atoms with Crippen molar-refractivity contribution in [3.8, 4) is 17.2 Å². The minimum atomic E-state index is -0.131. The van der Waals surface area contributed by atoms with Crippen molar-refractivity contribution in [2.24, 2.45) is 0 Å². The van der Waals surface area contributed by atoms with E-state index in [1.807, 2.05) is 13.0 Å². The fourth-order valence-corrected chi connectivity index (χ4v) is 4.37. The second-order valence-electron chi connectivity index (χ2n) is 8.79. The Balaban J connectivity index is 1.54. The van der Waals surface area contributed by atoms with Gasteiger partial charge in [0.15, 0.2) is 11.5 Å². The van der Waals surface area contributed by atoms with Crippen LogP contribution in [0.15, 0.2) is 42.5 Å². The maximum absolute atomic E-state index is 11.5. The molecule has 0 bridgehead atoms. The molecule has 1 fully saturated rings. The van der Waals surface area contributed by atoms with Gasteiger partial charge in [-0.05, 0) is 37.8 Å². The zero-order chi connectivity index (χ0) is 24.9. The Bertz CT molecular complexity index is 898. The molecular formula is C28H40N2O5. The summed E-state index contributed by atoms with van der Waals surface area (Å²) in [7, 11) is 3.29. The lowest BCUT2D eigenvalue weighted by atomic mass is 10.1. The molecule has 7 heteroatoms. The maximum Gasteiger partial charge on any atom is 0.305 e. The van der Waals surface area contributed by atoms with Crippen LogP contribution >= 0.6 is 0 Å². The zero-order valence-electron chi connectivity index (χ0n) is 21.5. The second kappa shape index (κ2) is 14.6. The van der Waals surface area contributed by atoms with Crippen LogP contribution in [0.3, 0.4) is 0 Å². The summed E-state index contributed by atoms with van der Waals surface area (Å²) in [6.07, 6.45) is 3.02. The third-order valence-corrected chi connectivity index (χ3v) is 6.27. The summed E-state index contributed by atoms with van der Waals surface area (Å²) in [4.78, 5) is 16.5. The van der Waals surface area contributed by atoms with Gasteiger partial charge >= 0.3 is 5.97 Å². The summed E-state index contributed by atoms with van der Waals surface area (Å²) in [5, 5.41) is 0. The van der Waals surface area contributed by atoms with Gasteiger partial charge in [0.05, 0.1) is 27.4 Å². The molecule has 2 aromatic carbocycles. The lowest BCUT2D eigenvalue weighted by Crippen LogP contribution is -2.45. The van der Waals surface area contributed by atoms with E-state index in [0.717, 1.165) is 69.8 Å². The minimum absolute atomic E-state index is 0.131. The van der Waals surface area contributed by atoms with Gasteiger partial charge in [-0.3, -0.25) is 14.6 Å². The van der Waals surface area contributed by atoms with E-state index in [0.29, 0.717) is 31.1 Å². The molecule has 0 aliphatic carbocycles. The van der Waals surface area contributed by atoms with E-state index in [4.69, 9.17) is 18.9 Å². The highest BCUT2D eigenvalue weighted by molar-refractivity contribution is 5.69. The van der Waals surface area contributed by atoms with Crippen LogP contribution in [-0.2, 0) is 22.6 Å². The number of rotatable bonds is 14. The number of hydrogen-bond acceptors (Lipinski definition) is 7. The van der Waals surface area contributed by atoms with Gasteiger partial charge in [0.2, 0.25) is 5.75 Å². The zero-order valence-corrected chi connectivity index (χ0v) is 21.5. The SMILES string of the molecule is CCOC(=O)CCCCCOc1c(CN2CCN(Cc3ccccc3)CC2)ccc(OC)c1OC. The molecule has 0 amide bonds. The number of ether oxygens (including phenoxy) is 4. The number of unbranched alkanes of at least 4 members (excludes halogenated alkanes) is 2. The number of esters is 1. The molecule has 0 unspecified atom stereocenters. The van der Waals surface area contributed by atoms with Crippen LogP contribution in [0.4, 0.5) is 0 Å². The molecule has 2 aromatic rings. The van der Waals surface area contributed by atoms with Crippen molar-refractivity contribution in [2.75, 3.05) is 53.6 Å². The smallest absolute Gasteiger partial charge is 0.305 e. The maximum atomic E-state index is 11.5. The highest BCUT2D eigenvalue weighted by Gasteiger charge is 2.22. The quantitative estimate of drug-likeness (QED) is 0.289. The average molecular weight is 485 g/mol. The summed E-state index contributed by atoms with van der Waals surface area (Å²) in [5.74, 6) is 1.93. The van der Waals surface area contributed by atoms with Gasteiger partial charge in [-0.2, -0.15) is 0 Å². The largest absolute Gasteiger partial charge is 0.493 e. The molecule has 35 heavy (non-hydrogen) atoms. The van der Waals surface area contributed by atoms with Crippen LogP contribution in [0.25, 0.3) is 0 Å². The Hall–Kier alpha value is -2.77. The van der Waals surface area contributed by atoms with Crippen LogP contribution in [0, 0.1) is 0 Å². The van der Waals surface area contributed by atoms with Crippen molar-refractivity contribution in [3.05, 3.63) is 53.6 Å². The topological polar surface area (TPSA) is 60.5 Å². The summed E-state index contributed by atoms with van der Waals surface area (Å²) >= 11 is 0. The predicted molar refractivity (Wildman–Crippen MR) is 137 cm³/mol. The van der Waals surface area contributed by atoms with Gasteiger partial charge in [-0.15, -0.1) is 0 Å². The van der Waals surface area contributed by atoms with Crippen molar-refractivity contribution in [2.45, 2.75) is 45.7 Å². The Morgan fingerprint density at radius 3 is 2.20 bits per heavy atom.